The van der Waals surface area contributed by atoms with E-state index in [0.717, 1.165) is 17.1 Å². The van der Waals surface area contributed by atoms with E-state index >= 15 is 0 Å². The molecule has 16 heavy (non-hydrogen) atoms. The van der Waals surface area contributed by atoms with Crippen LogP contribution in [0.4, 0.5) is 5.82 Å². The summed E-state index contributed by atoms with van der Waals surface area (Å²) in [6.07, 6.45) is 3.39. The first-order valence-corrected chi connectivity index (χ1v) is 5.12. The van der Waals surface area contributed by atoms with Crippen LogP contribution >= 0.6 is 0 Å². The van der Waals surface area contributed by atoms with Gasteiger partial charge in [0.2, 0.25) is 0 Å². The highest BCUT2D eigenvalue weighted by molar-refractivity contribution is 5.42. The lowest BCUT2D eigenvalue weighted by atomic mass is 10.3. The van der Waals surface area contributed by atoms with Crippen molar-refractivity contribution in [3.05, 3.63) is 48.0 Å². The zero-order chi connectivity index (χ0) is 11.2. The Labute approximate surface area is 94.3 Å². The SMILES string of the molecule is CNc1ncccc1COCc1ccco1. The molecule has 0 unspecified atom stereocenters. The van der Waals surface area contributed by atoms with Crippen molar-refractivity contribution in [2.75, 3.05) is 12.4 Å². The summed E-state index contributed by atoms with van der Waals surface area (Å²) in [6, 6.07) is 7.62. The predicted molar refractivity (Wildman–Crippen MR) is 61.0 cm³/mol. The van der Waals surface area contributed by atoms with Crippen LogP contribution in [0.15, 0.2) is 41.1 Å². The van der Waals surface area contributed by atoms with E-state index in [1.807, 2.05) is 31.3 Å². The number of hydrogen-bond acceptors (Lipinski definition) is 4. The number of aromatic nitrogens is 1. The Kier molecular flexibility index (Phi) is 3.56. The average Bonchev–Trinajstić information content (AvgIpc) is 2.83. The van der Waals surface area contributed by atoms with Gasteiger partial charge in [-0.2, -0.15) is 0 Å². The molecule has 0 amide bonds. The highest BCUT2D eigenvalue weighted by atomic mass is 16.5. The maximum absolute atomic E-state index is 5.53. The lowest BCUT2D eigenvalue weighted by Crippen LogP contribution is -2.00. The van der Waals surface area contributed by atoms with Crippen molar-refractivity contribution in [2.45, 2.75) is 13.2 Å². The lowest BCUT2D eigenvalue weighted by Gasteiger charge is -2.07. The van der Waals surface area contributed by atoms with Crippen LogP contribution in [-0.4, -0.2) is 12.0 Å². The molecular formula is C12H14N2O2. The van der Waals surface area contributed by atoms with Gasteiger partial charge in [-0.25, -0.2) is 4.98 Å². The zero-order valence-electron chi connectivity index (χ0n) is 9.14. The molecule has 0 aliphatic rings. The number of hydrogen-bond donors (Lipinski definition) is 1. The molecule has 4 heteroatoms. The molecule has 2 heterocycles. The molecule has 1 N–H and O–H groups in total. The predicted octanol–water partition coefficient (Wildman–Crippen LogP) is 2.43. The van der Waals surface area contributed by atoms with Crippen molar-refractivity contribution >= 4 is 5.82 Å². The molecule has 0 fully saturated rings. The first-order chi connectivity index (χ1) is 7.90. The van der Waals surface area contributed by atoms with Crippen LogP contribution in [0.25, 0.3) is 0 Å². The van der Waals surface area contributed by atoms with Gasteiger partial charge in [-0.05, 0) is 18.2 Å². The molecule has 0 saturated heterocycles. The Balaban J connectivity index is 1.89. The second kappa shape index (κ2) is 5.32. The minimum absolute atomic E-state index is 0.477. The van der Waals surface area contributed by atoms with Crippen LogP contribution in [-0.2, 0) is 18.0 Å². The van der Waals surface area contributed by atoms with Gasteiger partial charge in [-0.1, -0.05) is 6.07 Å². The minimum Gasteiger partial charge on any atom is -0.467 e. The summed E-state index contributed by atoms with van der Waals surface area (Å²) in [5.41, 5.74) is 1.04. The number of nitrogens with zero attached hydrogens (tertiary/aromatic N) is 1. The Bertz CT molecular complexity index is 426. The van der Waals surface area contributed by atoms with E-state index in [1.54, 1.807) is 12.5 Å². The van der Waals surface area contributed by atoms with E-state index in [1.165, 1.54) is 0 Å². The normalized spacial score (nSPS) is 10.3. The van der Waals surface area contributed by atoms with E-state index in [-0.39, 0.29) is 0 Å². The first-order valence-electron chi connectivity index (χ1n) is 5.12. The molecule has 2 aromatic heterocycles. The molecule has 0 atom stereocenters. The fourth-order valence-corrected chi connectivity index (χ4v) is 1.44. The summed E-state index contributed by atoms with van der Waals surface area (Å²) in [4.78, 5) is 4.20. The number of anilines is 1. The van der Waals surface area contributed by atoms with Gasteiger partial charge in [0, 0.05) is 18.8 Å². The lowest BCUT2D eigenvalue weighted by molar-refractivity contribution is 0.0931. The summed E-state index contributed by atoms with van der Waals surface area (Å²) in [6.45, 7) is 0.996. The summed E-state index contributed by atoms with van der Waals surface area (Å²) >= 11 is 0. The maximum Gasteiger partial charge on any atom is 0.131 e. The largest absolute Gasteiger partial charge is 0.467 e. The zero-order valence-corrected chi connectivity index (χ0v) is 9.14. The maximum atomic E-state index is 5.53. The Hall–Kier alpha value is -1.81. The first kappa shape index (κ1) is 10.7. The van der Waals surface area contributed by atoms with Crippen LogP contribution in [0.5, 0.6) is 0 Å². The number of rotatable bonds is 5. The molecular weight excluding hydrogens is 204 g/mol. The number of nitrogens with one attached hydrogen (secondary N) is 1. The summed E-state index contributed by atoms with van der Waals surface area (Å²) in [5.74, 6) is 1.68. The highest BCUT2D eigenvalue weighted by Gasteiger charge is 2.02. The number of furan rings is 1. The van der Waals surface area contributed by atoms with E-state index in [9.17, 15) is 0 Å². The topological polar surface area (TPSA) is 47.3 Å². The average molecular weight is 218 g/mol. The Morgan fingerprint density at radius 1 is 1.31 bits per heavy atom. The second-order valence-corrected chi connectivity index (χ2v) is 3.33. The number of pyridine rings is 1. The van der Waals surface area contributed by atoms with Crippen molar-refractivity contribution in [1.29, 1.82) is 0 Å². The molecule has 0 spiro atoms. The molecule has 84 valence electrons. The van der Waals surface area contributed by atoms with Crippen molar-refractivity contribution in [1.82, 2.24) is 4.98 Å². The van der Waals surface area contributed by atoms with Crippen molar-refractivity contribution in [2.24, 2.45) is 0 Å². The van der Waals surface area contributed by atoms with Crippen molar-refractivity contribution < 1.29 is 9.15 Å². The van der Waals surface area contributed by atoms with E-state index in [2.05, 4.69) is 10.3 Å². The second-order valence-electron chi connectivity index (χ2n) is 3.33. The molecule has 0 radical (unpaired) electrons. The number of ether oxygens (including phenoxy) is 1. The third kappa shape index (κ3) is 2.61. The fourth-order valence-electron chi connectivity index (χ4n) is 1.44. The van der Waals surface area contributed by atoms with Gasteiger partial charge in [0.1, 0.15) is 18.2 Å². The van der Waals surface area contributed by atoms with Crippen LogP contribution in [0, 0.1) is 0 Å². The van der Waals surface area contributed by atoms with Gasteiger partial charge < -0.3 is 14.5 Å². The molecule has 0 aliphatic heterocycles. The van der Waals surface area contributed by atoms with E-state index < -0.39 is 0 Å². The molecule has 2 rings (SSSR count). The molecule has 0 saturated carbocycles. The van der Waals surface area contributed by atoms with Crippen LogP contribution < -0.4 is 5.32 Å². The van der Waals surface area contributed by atoms with Gasteiger partial charge in [-0.3, -0.25) is 0 Å². The standard InChI is InChI=1S/C12H14N2O2/c1-13-12-10(4-2-6-14-12)8-15-9-11-5-3-7-16-11/h2-7H,8-9H2,1H3,(H,13,14). The highest BCUT2D eigenvalue weighted by Crippen LogP contribution is 2.13. The summed E-state index contributed by atoms with van der Waals surface area (Å²) in [5, 5.41) is 3.02. The van der Waals surface area contributed by atoms with Crippen LogP contribution in [0.2, 0.25) is 0 Å². The molecule has 0 bridgehead atoms. The van der Waals surface area contributed by atoms with Gasteiger partial charge in [0.25, 0.3) is 0 Å². The summed E-state index contributed by atoms with van der Waals surface area (Å²) < 4.78 is 10.7. The third-order valence-corrected chi connectivity index (χ3v) is 2.21. The smallest absolute Gasteiger partial charge is 0.131 e. The monoisotopic (exact) mass is 218 g/mol. The van der Waals surface area contributed by atoms with Gasteiger partial charge in [-0.15, -0.1) is 0 Å². The molecule has 2 aromatic rings. The van der Waals surface area contributed by atoms with Crippen molar-refractivity contribution in [3.63, 3.8) is 0 Å². The molecule has 0 aliphatic carbocycles. The minimum atomic E-state index is 0.477. The van der Waals surface area contributed by atoms with Gasteiger partial charge >= 0.3 is 0 Å². The van der Waals surface area contributed by atoms with E-state index in [4.69, 9.17) is 9.15 Å². The third-order valence-electron chi connectivity index (χ3n) is 2.21. The van der Waals surface area contributed by atoms with Gasteiger partial charge in [0.15, 0.2) is 0 Å². The molecule has 0 aromatic carbocycles. The van der Waals surface area contributed by atoms with E-state index in [0.29, 0.717) is 13.2 Å². The Morgan fingerprint density at radius 3 is 3.00 bits per heavy atom. The van der Waals surface area contributed by atoms with Crippen LogP contribution in [0.3, 0.4) is 0 Å². The van der Waals surface area contributed by atoms with Crippen molar-refractivity contribution in [3.8, 4) is 0 Å². The fraction of sp³-hybridized carbons (Fsp3) is 0.250. The van der Waals surface area contributed by atoms with Gasteiger partial charge in [0.05, 0.1) is 12.9 Å². The van der Waals surface area contributed by atoms with Crippen LogP contribution in [0.1, 0.15) is 11.3 Å². The summed E-state index contributed by atoms with van der Waals surface area (Å²) in [7, 11) is 1.85. The quantitative estimate of drug-likeness (QED) is 0.837. The Morgan fingerprint density at radius 2 is 2.25 bits per heavy atom. The molecule has 4 nitrogen and oxygen atoms in total.